The summed E-state index contributed by atoms with van der Waals surface area (Å²) >= 11 is 0. The van der Waals surface area contributed by atoms with Crippen molar-refractivity contribution in [2.24, 2.45) is 0 Å². The Morgan fingerprint density at radius 3 is 2.58 bits per heavy atom. The van der Waals surface area contributed by atoms with Crippen LogP contribution in [0.1, 0.15) is 31.9 Å². The smallest absolute Gasteiger partial charge is 0.163 e. The number of hydrogen-bond donors (Lipinski definition) is 2. The van der Waals surface area contributed by atoms with Crippen molar-refractivity contribution in [3.05, 3.63) is 48.6 Å². The summed E-state index contributed by atoms with van der Waals surface area (Å²) in [6.07, 6.45) is 6.70. The Balaban J connectivity index is 2.29. The highest BCUT2D eigenvalue weighted by molar-refractivity contribution is 5.25. The summed E-state index contributed by atoms with van der Waals surface area (Å²) in [5, 5.41) is 21.5. The first-order chi connectivity index (χ1) is 11.4. The molecule has 1 aliphatic heterocycles. The molecule has 1 aromatic carbocycles. The first-order valence-electron chi connectivity index (χ1n) is 7.99. The summed E-state index contributed by atoms with van der Waals surface area (Å²) in [6, 6.07) is 8.20. The van der Waals surface area contributed by atoms with E-state index in [0.29, 0.717) is 6.42 Å². The number of hydrogen-bond acceptors (Lipinski definition) is 5. The zero-order valence-electron chi connectivity index (χ0n) is 14.1. The Morgan fingerprint density at radius 1 is 1.38 bits per heavy atom. The average Bonchev–Trinajstić information content (AvgIpc) is 2.88. The van der Waals surface area contributed by atoms with Crippen LogP contribution >= 0.6 is 0 Å². The van der Waals surface area contributed by atoms with Gasteiger partial charge in [-0.25, -0.2) is 0 Å². The maximum Gasteiger partial charge on any atom is 0.163 e. The second-order valence-corrected chi connectivity index (χ2v) is 6.27. The number of rotatable bonds is 7. The molecule has 1 aliphatic rings. The van der Waals surface area contributed by atoms with Crippen LogP contribution in [0.2, 0.25) is 0 Å². The fraction of sp³-hybridized carbons (Fsp3) is 0.474. The van der Waals surface area contributed by atoms with E-state index in [-0.39, 0.29) is 6.61 Å². The Morgan fingerprint density at radius 2 is 2.04 bits per heavy atom. The van der Waals surface area contributed by atoms with Crippen LogP contribution in [-0.4, -0.2) is 46.0 Å². The second-order valence-electron chi connectivity index (χ2n) is 6.27. The van der Waals surface area contributed by atoms with Crippen LogP contribution < -0.4 is 0 Å². The van der Waals surface area contributed by atoms with Gasteiger partial charge in [0.1, 0.15) is 18.2 Å². The van der Waals surface area contributed by atoms with Crippen LogP contribution in [0.25, 0.3) is 0 Å². The van der Waals surface area contributed by atoms with Crippen LogP contribution in [0.3, 0.4) is 0 Å². The molecule has 0 bridgehead atoms. The lowest BCUT2D eigenvalue weighted by molar-refractivity contribution is -0.194. The Bertz CT molecular complexity index is 581. The summed E-state index contributed by atoms with van der Waals surface area (Å²) in [5.41, 5.74) is 0.801. The molecule has 0 saturated carbocycles. The molecule has 5 nitrogen and oxygen atoms in total. The number of benzene rings is 1. The normalized spacial score (nSPS) is 25.2. The highest BCUT2D eigenvalue weighted by Crippen LogP contribution is 2.34. The number of nitrogens with zero attached hydrogens (tertiary/aromatic N) is 1. The highest BCUT2D eigenvalue weighted by Gasteiger charge is 2.47. The van der Waals surface area contributed by atoms with E-state index in [2.05, 4.69) is 12.5 Å². The molecule has 4 atom stereocenters. The third-order valence-corrected chi connectivity index (χ3v) is 4.07. The molecule has 0 radical (unpaired) electrons. The molecule has 2 N–H and O–H groups in total. The lowest BCUT2D eigenvalue weighted by Crippen LogP contribution is -2.48. The Hall–Kier alpha value is -1.68. The van der Waals surface area contributed by atoms with Gasteiger partial charge < -0.3 is 19.8 Å². The summed E-state index contributed by atoms with van der Waals surface area (Å²) in [7, 11) is 0. The SMILES string of the molecule is C#C[C@H](c1ccccc1)N(O)[C@@H](CC=C)[C@@H]1OC(C)(C)O[C@@H]1CO. The standard InChI is InChI=1S/C19H25NO4/c1-5-10-16(18-17(13-21)23-19(3,4)24-18)20(22)15(6-2)14-11-8-7-9-12-14/h2,5,7-9,11-12,15-18,21-22H,1,10,13H2,3-4H3/t15-,16+,17-,18+/m1/s1. The average molecular weight is 331 g/mol. The quantitative estimate of drug-likeness (QED) is 0.457. The Labute approximate surface area is 143 Å². The number of aliphatic hydroxyl groups is 1. The minimum Gasteiger partial charge on any atom is -0.394 e. The summed E-state index contributed by atoms with van der Waals surface area (Å²) in [4.78, 5) is 0. The van der Waals surface area contributed by atoms with E-state index < -0.39 is 30.1 Å². The molecule has 1 heterocycles. The molecule has 1 fully saturated rings. The fourth-order valence-corrected chi connectivity index (χ4v) is 3.05. The van der Waals surface area contributed by atoms with Crippen LogP contribution in [-0.2, 0) is 9.47 Å². The molecule has 0 aromatic heterocycles. The van der Waals surface area contributed by atoms with Crippen LogP contribution in [0.5, 0.6) is 0 Å². The third kappa shape index (κ3) is 4.04. The second kappa shape index (κ2) is 7.93. The van der Waals surface area contributed by atoms with Gasteiger partial charge in [0.25, 0.3) is 0 Å². The molecule has 0 aliphatic carbocycles. The topological polar surface area (TPSA) is 62.2 Å². The van der Waals surface area contributed by atoms with Gasteiger partial charge in [0, 0.05) is 0 Å². The first kappa shape index (κ1) is 18.7. The molecule has 0 unspecified atom stereocenters. The van der Waals surface area contributed by atoms with Crippen molar-refractivity contribution in [3.8, 4) is 12.3 Å². The zero-order valence-corrected chi connectivity index (χ0v) is 14.1. The van der Waals surface area contributed by atoms with E-state index in [1.165, 1.54) is 0 Å². The van der Waals surface area contributed by atoms with Gasteiger partial charge in [-0.1, -0.05) is 42.3 Å². The largest absolute Gasteiger partial charge is 0.394 e. The maximum atomic E-state index is 10.8. The van der Waals surface area contributed by atoms with Crippen molar-refractivity contribution in [2.75, 3.05) is 6.61 Å². The summed E-state index contributed by atoms with van der Waals surface area (Å²) in [5.74, 6) is 1.78. The molecular formula is C19H25NO4. The van der Waals surface area contributed by atoms with Crippen molar-refractivity contribution < 1.29 is 19.8 Å². The maximum absolute atomic E-state index is 10.8. The first-order valence-corrected chi connectivity index (χ1v) is 7.99. The minimum absolute atomic E-state index is 0.207. The molecule has 0 amide bonds. The molecule has 1 aromatic rings. The van der Waals surface area contributed by atoms with Crippen molar-refractivity contribution >= 4 is 0 Å². The molecule has 0 spiro atoms. The highest BCUT2D eigenvalue weighted by atomic mass is 16.8. The summed E-state index contributed by atoms with van der Waals surface area (Å²) < 4.78 is 11.6. The lowest BCUT2D eigenvalue weighted by atomic mass is 9.98. The number of ether oxygens (including phenoxy) is 2. The predicted molar refractivity (Wildman–Crippen MR) is 91.2 cm³/mol. The molecule has 2 rings (SSSR count). The Kier molecular flexibility index (Phi) is 6.16. The van der Waals surface area contributed by atoms with Crippen LogP contribution in [0.15, 0.2) is 43.0 Å². The van der Waals surface area contributed by atoms with Gasteiger partial charge in [0.15, 0.2) is 5.79 Å². The molecule has 5 heteroatoms. The molecule has 130 valence electrons. The number of aliphatic hydroxyl groups excluding tert-OH is 1. The van der Waals surface area contributed by atoms with E-state index in [4.69, 9.17) is 15.9 Å². The molecule has 24 heavy (non-hydrogen) atoms. The van der Waals surface area contributed by atoms with E-state index in [0.717, 1.165) is 10.6 Å². The summed E-state index contributed by atoms with van der Waals surface area (Å²) in [6.45, 7) is 7.10. The van der Waals surface area contributed by atoms with E-state index in [1.807, 2.05) is 30.3 Å². The van der Waals surface area contributed by atoms with Crippen molar-refractivity contribution in [3.63, 3.8) is 0 Å². The molecule has 1 saturated heterocycles. The van der Waals surface area contributed by atoms with Gasteiger partial charge in [-0.05, 0) is 25.8 Å². The van der Waals surface area contributed by atoms with Crippen LogP contribution in [0, 0.1) is 12.3 Å². The van der Waals surface area contributed by atoms with E-state index >= 15 is 0 Å². The van der Waals surface area contributed by atoms with Gasteiger partial charge in [-0.3, -0.25) is 0 Å². The lowest BCUT2D eigenvalue weighted by Gasteiger charge is -2.34. The van der Waals surface area contributed by atoms with Crippen molar-refractivity contribution in [1.82, 2.24) is 5.06 Å². The van der Waals surface area contributed by atoms with Gasteiger partial charge in [0.05, 0.1) is 12.6 Å². The zero-order chi connectivity index (χ0) is 17.7. The number of terminal acetylenes is 1. The van der Waals surface area contributed by atoms with E-state index in [9.17, 15) is 10.3 Å². The van der Waals surface area contributed by atoms with Crippen molar-refractivity contribution in [1.29, 1.82) is 0 Å². The van der Waals surface area contributed by atoms with Gasteiger partial charge >= 0.3 is 0 Å². The predicted octanol–water partition coefficient (Wildman–Crippen LogP) is 2.51. The van der Waals surface area contributed by atoms with Gasteiger partial charge in [-0.2, -0.15) is 5.06 Å². The van der Waals surface area contributed by atoms with Gasteiger partial charge in [-0.15, -0.1) is 13.0 Å². The monoisotopic (exact) mass is 331 g/mol. The fourth-order valence-electron chi connectivity index (χ4n) is 3.05. The van der Waals surface area contributed by atoms with E-state index in [1.54, 1.807) is 19.9 Å². The van der Waals surface area contributed by atoms with Crippen LogP contribution in [0.4, 0.5) is 0 Å². The third-order valence-electron chi connectivity index (χ3n) is 4.07. The van der Waals surface area contributed by atoms with Crippen molar-refractivity contribution in [2.45, 2.75) is 50.3 Å². The van der Waals surface area contributed by atoms with Gasteiger partial charge in [0.2, 0.25) is 0 Å². The number of hydroxylamine groups is 2. The minimum atomic E-state index is -0.837. The molecular weight excluding hydrogens is 306 g/mol.